The van der Waals surface area contributed by atoms with E-state index < -0.39 is 0 Å². The molecule has 0 bridgehead atoms. The molecule has 21 heavy (non-hydrogen) atoms. The Kier molecular flexibility index (Phi) is 3.95. The van der Waals surface area contributed by atoms with E-state index in [2.05, 4.69) is 5.32 Å². The molecule has 0 aliphatic rings. The first-order chi connectivity index (χ1) is 10.2. The van der Waals surface area contributed by atoms with Crippen molar-refractivity contribution in [2.75, 3.05) is 6.54 Å². The molecule has 4 heteroatoms. The highest BCUT2D eigenvalue weighted by Crippen LogP contribution is 2.32. The smallest absolute Gasteiger partial charge is 0.135 e. The molecule has 0 radical (unpaired) electrons. The van der Waals surface area contributed by atoms with Crippen LogP contribution in [0.2, 0.25) is 5.02 Å². The van der Waals surface area contributed by atoms with Gasteiger partial charge in [-0.05, 0) is 48.5 Å². The fourth-order valence-corrected chi connectivity index (χ4v) is 2.52. The fraction of sp³-hybridized carbons (Fsp3) is 0.176. The lowest BCUT2D eigenvalue weighted by atomic mass is 10.0. The summed E-state index contributed by atoms with van der Waals surface area (Å²) in [6.45, 7) is 3.56. The molecule has 0 fully saturated rings. The van der Waals surface area contributed by atoms with Crippen LogP contribution in [0, 0.1) is 5.82 Å². The molecular formula is C17H15ClFNO. The van der Waals surface area contributed by atoms with Gasteiger partial charge < -0.3 is 9.73 Å². The maximum Gasteiger partial charge on any atom is 0.135 e. The van der Waals surface area contributed by atoms with Crippen molar-refractivity contribution in [2.24, 2.45) is 0 Å². The number of nitrogens with one attached hydrogen (secondary N) is 1. The predicted octanol–water partition coefficient (Wildman–Crippen LogP) is 5.00. The first kappa shape index (κ1) is 14.1. The minimum Gasteiger partial charge on any atom is -0.456 e. The zero-order valence-corrected chi connectivity index (χ0v) is 12.4. The predicted molar refractivity (Wildman–Crippen MR) is 84.0 cm³/mol. The molecule has 3 rings (SSSR count). The van der Waals surface area contributed by atoms with Gasteiger partial charge in [0.15, 0.2) is 0 Å². The summed E-state index contributed by atoms with van der Waals surface area (Å²) in [6.07, 6.45) is 0. The van der Waals surface area contributed by atoms with Crippen molar-refractivity contribution in [3.05, 3.63) is 58.9 Å². The molecular weight excluding hydrogens is 289 g/mol. The zero-order valence-electron chi connectivity index (χ0n) is 11.6. The molecule has 0 aliphatic heterocycles. The Labute approximate surface area is 127 Å². The normalized spacial score (nSPS) is 11.2. The van der Waals surface area contributed by atoms with E-state index in [4.69, 9.17) is 16.0 Å². The van der Waals surface area contributed by atoms with Crippen LogP contribution in [0.1, 0.15) is 12.5 Å². The lowest BCUT2D eigenvalue weighted by Crippen LogP contribution is -2.12. The van der Waals surface area contributed by atoms with Crippen LogP contribution in [-0.2, 0) is 6.54 Å². The number of furan rings is 1. The fourth-order valence-electron chi connectivity index (χ4n) is 2.34. The van der Waals surface area contributed by atoms with Crippen molar-refractivity contribution in [1.82, 2.24) is 5.32 Å². The van der Waals surface area contributed by atoms with Crippen LogP contribution in [0.15, 0.2) is 46.9 Å². The topological polar surface area (TPSA) is 25.2 Å². The average Bonchev–Trinajstić information content (AvgIpc) is 2.88. The van der Waals surface area contributed by atoms with E-state index in [1.807, 2.05) is 25.1 Å². The van der Waals surface area contributed by atoms with Gasteiger partial charge in [-0.15, -0.1) is 0 Å². The van der Waals surface area contributed by atoms with Gasteiger partial charge in [0.05, 0.1) is 0 Å². The molecule has 1 N–H and O–H groups in total. The van der Waals surface area contributed by atoms with Crippen LogP contribution in [0.4, 0.5) is 4.39 Å². The number of benzene rings is 2. The van der Waals surface area contributed by atoms with Crippen LogP contribution in [0.25, 0.3) is 22.3 Å². The van der Waals surface area contributed by atoms with Crippen molar-refractivity contribution >= 4 is 22.6 Å². The molecule has 0 unspecified atom stereocenters. The molecule has 1 heterocycles. The van der Waals surface area contributed by atoms with Gasteiger partial charge in [-0.25, -0.2) is 4.39 Å². The van der Waals surface area contributed by atoms with E-state index in [1.54, 1.807) is 12.1 Å². The highest BCUT2D eigenvalue weighted by Gasteiger charge is 2.12. The van der Waals surface area contributed by atoms with Crippen LogP contribution in [-0.4, -0.2) is 6.54 Å². The first-order valence-corrected chi connectivity index (χ1v) is 7.24. The Morgan fingerprint density at radius 2 is 2.00 bits per heavy atom. The second-order valence-corrected chi connectivity index (χ2v) is 5.31. The van der Waals surface area contributed by atoms with Gasteiger partial charge in [-0.2, -0.15) is 0 Å². The van der Waals surface area contributed by atoms with Gasteiger partial charge in [-0.3, -0.25) is 0 Å². The van der Waals surface area contributed by atoms with Gasteiger partial charge in [-0.1, -0.05) is 24.6 Å². The van der Waals surface area contributed by atoms with Crippen molar-refractivity contribution in [3.8, 4) is 11.3 Å². The van der Waals surface area contributed by atoms with Crippen LogP contribution >= 0.6 is 11.6 Å². The molecule has 108 valence electrons. The van der Waals surface area contributed by atoms with Crippen LogP contribution < -0.4 is 5.32 Å². The number of hydrogen-bond acceptors (Lipinski definition) is 2. The Hall–Kier alpha value is -1.84. The third kappa shape index (κ3) is 2.94. The summed E-state index contributed by atoms with van der Waals surface area (Å²) < 4.78 is 19.4. The summed E-state index contributed by atoms with van der Waals surface area (Å²) in [7, 11) is 0. The maximum absolute atomic E-state index is 13.6. The standard InChI is InChI=1S/C17H15ClFNO/c1-2-20-10-11-3-5-14(19)9-15(11)17-8-12-7-13(18)4-6-16(12)21-17/h3-9,20H,2,10H2,1H3. The largest absolute Gasteiger partial charge is 0.456 e. The summed E-state index contributed by atoms with van der Waals surface area (Å²) in [5.41, 5.74) is 2.51. The number of halogens is 2. The number of rotatable bonds is 4. The Morgan fingerprint density at radius 1 is 1.14 bits per heavy atom. The Balaban J connectivity index is 2.10. The van der Waals surface area contributed by atoms with E-state index in [0.29, 0.717) is 17.3 Å². The summed E-state index contributed by atoms with van der Waals surface area (Å²) >= 11 is 5.99. The van der Waals surface area contributed by atoms with Crippen molar-refractivity contribution in [3.63, 3.8) is 0 Å². The highest BCUT2D eigenvalue weighted by atomic mass is 35.5. The summed E-state index contributed by atoms with van der Waals surface area (Å²) in [4.78, 5) is 0. The molecule has 0 amide bonds. The maximum atomic E-state index is 13.6. The summed E-state index contributed by atoms with van der Waals surface area (Å²) in [5, 5.41) is 4.82. The SMILES string of the molecule is CCNCc1ccc(F)cc1-c1cc2cc(Cl)ccc2o1. The molecule has 0 spiro atoms. The monoisotopic (exact) mass is 303 g/mol. The second kappa shape index (κ2) is 5.88. The molecule has 3 aromatic rings. The molecule has 0 saturated heterocycles. The van der Waals surface area contributed by atoms with Crippen LogP contribution in [0.5, 0.6) is 0 Å². The van der Waals surface area contributed by atoms with Gasteiger partial charge in [0.2, 0.25) is 0 Å². The minimum atomic E-state index is -0.274. The quantitative estimate of drug-likeness (QED) is 0.733. The van der Waals surface area contributed by atoms with Gasteiger partial charge in [0.1, 0.15) is 17.2 Å². The van der Waals surface area contributed by atoms with E-state index in [0.717, 1.165) is 28.6 Å². The molecule has 0 aliphatic carbocycles. The highest BCUT2D eigenvalue weighted by molar-refractivity contribution is 6.31. The zero-order chi connectivity index (χ0) is 14.8. The van der Waals surface area contributed by atoms with E-state index in [9.17, 15) is 4.39 Å². The van der Waals surface area contributed by atoms with Gasteiger partial charge >= 0.3 is 0 Å². The van der Waals surface area contributed by atoms with Crippen molar-refractivity contribution in [2.45, 2.75) is 13.5 Å². The summed E-state index contributed by atoms with van der Waals surface area (Å²) in [5.74, 6) is 0.378. The molecule has 0 saturated carbocycles. The van der Waals surface area contributed by atoms with Crippen molar-refractivity contribution in [1.29, 1.82) is 0 Å². The van der Waals surface area contributed by atoms with Gasteiger partial charge in [0.25, 0.3) is 0 Å². The van der Waals surface area contributed by atoms with E-state index >= 15 is 0 Å². The summed E-state index contributed by atoms with van der Waals surface area (Å²) in [6, 6.07) is 12.1. The molecule has 1 aromatic heterocycles. The molecule has 0 atom stereocenters. The average molecular weight is 304 g/mol. The number of fused-ring (bicyclic) bond motifs is 1. The third-order valence-electron chi connectivity index (χ3n) is 3.38. The molecule has 2 nitrogen and oxygen atoms in total. The van der Waals surface area contributed by atoms with Gasteiger partial charge in [0, 0.05) is 22.5 Å². The van der Waals surface area contributed by atoms with E-state index in [-0.39, 0.29) is 5.82 Å². The minimum absolute atomic E-state index is 0.274. The van der Waals surface area contributed by atoms with E-state index in [1.165, 1.54) is 12.1 Å². The van der Waals surface area contributed by atoms with Crippen molar-refractivity contribution < 1.29 is 8.81 Å². The number of hydrogen-bond donors (Lipinski definition) is 1. The lowest BCUT2D eigenvalue weighted by molar-refractivity contribution is 0.614. The first-order valence-electron chi connectivity index (χ1n) is 6.86. The Bertz CT molecular complexity index is 782. The Morgan fingerprint density at radius 3 is 2.81 bits per heavy atom. The second-order valence-electron chi connectivity index (χ2n) is 4.87. The lowest BCUT2D eigenvalue weighted by Gasteiger charge is -2.08. The van der Waals surface area contributed by atoms with Crippen LogP contribution in [0.3, 0.4) is 0 Å². The third-order valence-corrected chi connectivity index (χ3v) is 3.62. The molecule has 2 aromatic carbocycles.